The van der Waals surface area contributed by atoms with E-state index in [1.807, 2.05) is 57.5 Å². The van der Waals surface area contributed by atoms with Gasteiger partial charge in [0.1, 0.15) is 17.8 Å². The zero-order valence-electron chi connectivity index (χ0n) is 40.3. The first-order chi connectivity index (χ1) is 32.4. The molecule has 3 aromatic heterocycles. The number of carbonyl (C=O) groups is 4. The Hall–Kier alpha value is -4.28. The Labute approximate surface area is 411 Å². The van der Waals surface area contributed by atoms with Gasteiger partial charge in [-0.3, -0.25) is 19.2 Å². The van der Waals surface area contributed by atoms with Crippen LogP contribution in [0, 0.1) is 18.3 Å². The molecule has 6 rings (SSSR count). The van der Waals surface area contributed by atoms with E-state index in [9.17, 15) is 24.3 Å². The van der Waals surface area contributed by atoms with E-state index in [-0.39, 0.29) is 61.6 Å². The largest absolute Gasteiger partial charge is 0.444 e. The molecule has 5 heterocycles. The number of β-amino-alcohol motifs (C(OH)–C–C–N with tert-alkyl or cyclic N) is 1. The zero-order valence-corrected chi connectivity index (χ0v) is 42.8. The number of oxazole rings is 1. The van der Waals surface area contributed by atoms with Crippen LogP contribution in [0.5, 0.6) is 0 Å². The molecule has 0 aliphatic carbocycles. The van der Waals surface area contributed by atoms with Gasteiger partial charge in [-0.2, -0.15) is 0 Å². The summed E-state index contributed by atoms with van der Waals surface area (Å²) in [5.74, 6) is 0.947. The summed E-state index contributed by atoms with van der Waals surface area (Å²) in [5, 5.41) is 20.0. The molecule has 0 unspecified atom stereocenters. The number of ether oxygens (including phenoxy) is 3. The number of aromatic nitrogens is 3. The first kappa shape index (κ1) is 53.1. The van der Waals surface area contributed by atoms with Crippen LogP contribution in [0.4, 0.5) is 5.13 Å². The molecule has 2 fully saturated rings. The van der Waals surface area contributed by atoms with Crippen LogP contribution in [0.3, 0.4) is 0 Å². The van der Waals surface area contributed by atoms with Gasteiger partial charge in [0.05, 0.1) is 84.2 Å². The SMILES string of the molecule is Cc1ncsc1-c1ccc(CNC(=O)[C@H]2C[C@H](O)CN2C(=O)[C@H](NC(=O)CCOCCOCCOCCN2CCC(C(=O)Nc3ncc(SCc4ncc(C(C)(C)C)o4)s3)CC2)C(C)(C)C)cc1. The molecular weight excluding hydrogens is 929 g/mol. The number of rotatable bonds is 23. The van der Waals surface area contributed by atoms with Crippen molar-refractivity contribution in [3.05, 3.63) is 65.1 Å². The van der Waals surface area contributed by atoms with Crippen LogP contribution in [0.1, 0.15) is 90.1 Å². The average Bonchev–Trinajstić information content (AvgIpc) is 4.14. The molecule has 3 atom stereocenters. The Balaban J connectivity index is 0.788. The highest BCUT2D eigenvalue weighted by Crippen LogP contribution is 2.33. The number of nitrogens with zero attached hydrogens (tertiary/aromatic N) is 5. The number of aryl methyl sites for hydroxylation is 1. The quantitative estimate of drug-likeness (QED) is 0.0493. The summed E-state index contributed by atoms with van der Waals surface area (Å²) >= 11 is 4.62. The van der Waals surface area contributed by atoms with Gasteiger partial charge in [-0.25, -0.2) is 15.0 Å². The molecule has 4 aromatic rings. The number of piperidine rings is 1. The Morgan fingerprint density at radius 2 is 1.60 bits per heavy atom. The predicted molar refractivity (Wildman–Crippen MR) is 263 cm³/mol. The Kier molecular flexibility index (Phi) is 19.5. The number of carbonyl (C=O) groups excluding carboxylic acids is 4. The van der Waals surface area contributed by atoms with Gasteiger partial charge >= 0.3 is 0 Å². The van der Waals surface area contributed by atoms with Crippen molar-refractivity contribution in [3.8, 4) is 10.4 Å². The van der Waals surface area contributed by atoms with Crippen molar-refractivity contribution in [2.45, 2.75) is 114 Å². The Bertz CT molecular complexity index is 2250. The van der Waals surface area contributed by atoms with Crippen molar-refractivity contribution in [3.63, 3.8) is 0 Å². The minimum atomic E-state index is -0.922. The lowest BCUT2D eigenvalue weighted by molar-refractivity contribution is -0.144. The number of nitrogens with one attached hydrogen (secondary N) is 3. The number of thiazole rings is 2. The van der Waals surface area contributed by atoms with E-state index >= 15 is 0 Å². The molecule has 2 aliphatic rings. The molecule has 2 aliphatic heterocycles. The van der Waals surface area contributed by atoms with Gasteiger partial charge < -0.3 is 49.5 Å². The Morgan fingerprint density at radius 3 is 2.25 bits per heavy atom. The van der Waals surface area contributed by atoms with Crippen molar-refractivity contribution < 1.29 is 42.9 Å². The second-order valence-electron chi connectivity index (χ2n) is 19.3. The third-order valence-electron chi connectivity index (χ3n) is 11.8. The first-order valence-electron chi connectivity index (χ1n) is 23.3. The van der Waals surface area contributed by atoms with Gasteiger partial charge in [-0.1, -0.05) is 77.1 Å². The maximum atomic E-state index is 13.9. The summed E-state index contributed by atoms with van der Waals surface area (Å²) in [4.78, 5) is 71.3. The van der Waals surface area contributed by atoms with Crippen LogP contribution < -0.4 is 16.0 Å². The van der Waals surface area contributed by atoms with Gasteiger partial charge in [-0.15, -0.1) is 23.1 Å². The highest BCUT2D eigenvalue weighted by molar-refractivity contribution is 8.00. The normalized spacial score (nSPS) is 17.6. The van der Waals surface area contributed by atoms with Crippen LogP contribution in [0.25, 0.3) is 10.4 Å². The molecule has 0 saturated carbocycles. The lowest BCUT2D eigenvalue weighted by Crippen LogP contribution is -2.57. The molecule has 0 spiro atoms. The van der Waals surface area contributed by atoms with E-state index in [0.717, 1.165) is 64.1 Å². The number of aliphatic hydroxyl groups is 1. The first-order valence-corrected chi connectivity index (χ1v) is 26.0. The third-order valence-corrected chi connectivity index (χ3v) is 14.9. The van der Waals surface area contributed by atoms with Gasteiger partial charge in [0, 0.05) is 43.8 Å². The van der Waals surface area contributed by atoms with Crippen LogP contribution in [-0.2, 0) is 51.1 Å². The third kappa shape index (κ3) is 15.9. The van der Waals surface area contributed by atoms with Crippen LogP contribution >= 0.6 is 34.4 Å². The fraction of sp³-hybridized carbons (Fsp3) is 0.604. The van der Waals surface area contributed by atoms with Crippen molar-refractivity contribution in [1.82, 2.24) is 35.4 Å². The minimum absolute atomic E-state index is 0.000152. The number of hydrogen-bond donors (Lipinski definition) is 4. The molecule has 0 bridgehead atoms. The van der Waals surface area contributed by atoms with Crippen molar-refractivity contribution >= 4 is 63.2 Å². The van der Waals surface area contributed by atoms with Crippen LogP contribution in [0.15, 0.2) is 50.8 Å². The summed E-state index contributed by atoms with van der Waals surface area (Å²) < 4.78 is 23.9. The van der Waals surface area contributed by atoms with E-state index in [1.54, 1.807) is 35.5 Å². The average molecular weight is 997 g/mol. The predicted octanol–water partition coefficient (Wildman–Crippen LogP) is 6.05. The van der Waals surface area contributed by atoms with Crippen molar-refractivity contribution in [1.29, 1.82) is 0 Å². The monoisotopic (exact) mass is 996 g/mol. The molecule has 4 amide bonds. The number of hydrogen-bond acceptors (Lipinski definition) is 16. The minimum Gasteiger partial charge on any atom is -0.444 e. The van der Waals surface area contributed by atoms with Crippen molar-refractivity contribution in [2.24, 2.45) is 11.3 Å². The highest BCUT2D eigenvalue weighted by atomic mass is 32.2. The zero-order chi connectivity index (χ0) is 48.8. The molecule has 17 nitrogen and oxygen atoms in total. The second-order valence-corrected chi connectivity index (χ2v) is 22.4. The van der Waals surface area contributed by atoms with Crippen LogP contribution in [-0.4, -0.2) is 137 Å². The fourth-order valence-electron chi connectivity index (χ4n) is 7.78. The summed E-state index contributed by atoms with van der Waals surface area (Å²) in [7, 11) is 0. The standard InChI is InChI=1S/C48H68N8O9S3/c1-31-41(67-30-52-31)33-10-8-32(9-11-33)25-50-44(60)36-24-35(57)28-56(36)45(61)42(48(5,6)7)53-38(58)14-18-62-20-22-64-23-21-63-19-17-55-15-12-34(13-16-55)43(59)54-46-51-27-40(68-46)66-29-39-49-26-37(65-39)47(2,3)4/h8-11,26-27,30,34-36,42,57H,12-25,28-29H2,1-7H3,(H,50,60)(H,53,58)(H,51,54,59)/t35-,36+,42-/m0/s1. The maximum Gasteiger partial charge on any atom is 0.246 e. The maximum absolute atomic E-state index is 13.9. The highest BCUT2D eigenvalue weighted by Gasteiger charge is 2.44. The molecule has 1 aromatic carbocycles. The molecule has 2 saturated heterocycles. The molecule has 68 heavy (non-hydrogen) atoms. The number of aliphatic hydroxyl groups excluding tert-OH is 1. The lowest BCUT2D eigenvalue weighted by atomic mass is 9.85. The summed E-state index contributed by atoms with van der Waals surface area (Å²) in [6.45, 7) is 18.6. The van der Waals surface area contributed by atoms with E-state index < -0.39 is 29.5 Å². The number of likely N-dealkylation sites (tertiary alicyclic amines) is 2. The number of anilines is 1. The lowest BCUT2D eigenvalue weighted by Gasteiger charge is -2.35. The molecule has 20 heteroatoms. The molecule has 4 N–H and O–H groups in total. The van der Waals surface area contributed by atoms with E-state index in [4.69, 9.17) is 18.6 Å². The second kappa shape index (κ2) is 25.0. The van der Waals surface area contributed by atoms with E-state index in [2.05, 4.69) is 56.6 Å². The number of thioether (sulfide) groups is 1. The van der Waals surface area contributed by atoms with Crippen molar-refractivity contribution in [2.75, 3.05) is 71.1 Å². The van der Waals surface area contributed by atoms with E-state index in [1.165, 1.54) is 16.2 Å². The molecular formula is C48H68N8O9S3. The smallest absolute Gasteiger partial charge is 0.246 e. The summed E-state index contributed by atoms with van der Waals surface area (Å²) in [6, 6.07) is 6.10. The van der Waals surface area contributed by atoms with E-state index in [0.29, 0.717) is 49.8 Å². The van der Waals surface area contributed by atoms with Gasteiger partial charge in [-0.05, 0) is 49.4 Å². The molecule has 0 radical (unpaired) electrons. The fourth-order valence-corrected chi connectivity index (χ4v) is 10.3. The Morgan fingerprint density at radius 1 is 0.912 bits per heavy atom. The van der Waals surface area contributed by atoms with Gasteiger partial charge in [0.15, 0.2) is 5.13 Å². The number of amides is 4. The summed E-state index contributed by atoms with van der Waals surface area (Å²) in [6.07, 6.45) is 4.40. The summed E-state index contributed by atoms with van der Waals surface area (Å²) in [5.41, 5.74) is 3.98. The molecule has 372 valence electrons. The number of benzene rings is 1. The van der Waals surface area contributed by atoms with Crippen LogP contribution in [0.2, 0.25) is 0 Å². The van der Waals surface area contributed by atoms with Gasteiger partial charge in [0.25, 0.3) is 0 Å². The van der Waals surface area contributed by atoms with Gasteiger partial charge in [0.2, 0.25) is 29.5 Å². The topological polar surface area (TPSA) is 211 Å².